The Bertz CT molecular complexity index is 376. The van der Waals surface area contributed by atoms with Gasteiger partial charge in [0.05, 0.1) is 28.3 Å². The van der Waals surface area contributed by atoms with Crippen LogP contribution in [0.4, 0.5) is 0 Å². The van der Waals surface area contributed by atoms with E-state index in [9.17, 15) is 13.2 Å². The Kier molecular flexibility index (Phi) is 3.90. The molecule has 6 heteroatoms. The minimum absolute atomic E-state index is 0.0361. The number of alkyl halides is 1. The third-order valence-corrected chi connectivity index (χ3v) is 5.36. The smallest absolute Gasteiger partial charge is 0.224 e. The molecule has 1 heterocycles. The molecule has 0 aromatic heterocycles. The van der Waals surface area contributed by atoms with Crippen molar-refractivity contribution in [2.24, 2.45) is 5.92 Å². The fraction of sp³-hybridized carbons (Fsp3) is 0.900. The van der Waals surface area contributed by atoms with Gasteiger partial charge < -0.3 is 5.32 Å². The Labute approximate surface area is 102 Å². The van der Waals surface area contributed by atoms with Crippen LogP contribution in [0.15, 0.2) is 0 Å². The number of carbonyl (C=O) groups is 1. The minimum Gasteiger partial charge on any atom is -0.349 e. The van der Waals surface area contributed by atoms with Crippen molar-refractivity contribution in [3.05, 3.63) is 0 Å². The van der Waals surface area contributed by atoms with Crippen molar-refractivity contribution >= 4 is 27.3 Å². The van der Waals surface area contributed by atoms with Gasteiger partial charge in [-0.05, 0) is 27.2 Å². The van der Waals surface area contributed by atoms with Crippen LogP contribution >= 0.6 is 11.6 Å². The van der Waals surface area contributed by atoms with Gasteiger partial charge in [-0.25, -0.2) is 8.42 Å². The third-order valence-electron chi connectivity index (χ3n) is 3.04. The van der Waals surface area contributed by atoms with Gasteiger partial charge in [-0.3, -0.25) is 4.79 Å². The molecule has 1 N–H and O–H groups in total. The van der Waals surface area contributed by atoms with Crippen molar-refractivity contribution in [3.8, 4) is 0 Å². The summed E-state index contributed by atoms with van der Waals surface area (Å²) in [4.78, 5) is 11.8. The maximum atomic E-state index is 11.8. The van der Waals surface area contributed by atoms with Gasteiger partial charge in [0.25, 0.3) is 0 Å². The molecule has 0 saturated carbocycles. The largest absolute Gasteiger partial charge is 0.349 e. The highest BCUT2D eigenvalue weighted by Crippen LogP contribution is 2.21. The molecule has 0 aliphatic carbocycles. The van der Waals surface area contributed by atoms with E-state index in [-0.39, 0.29) is 22.8 Å². The van der Waals surface area contributed by atoms with E-state index in [1.165, 1.54) is 0 Å². The molecule has 1 amide bonds. The summed E-state index contributed by atoms with van der Waals surface area (Å²) in [6.45, 7) is 5.45. The quantitative estimate of drug-likeness (QED) is 0.774. The zero-order chi connectivity index (χ0) is 12.6. The van der Waals surface area contributed by atoms with Crippen molar-refractivity contribution in [1.82, 2.24) is 5.32 Å². The van der Waals surface area contributed by atoms with Crippen LogP contribution in [-0.4, -0.2) is 36.7 Å². The molecule has 1 saturated heterocycles. The molecule has 2 atom stereocenters. The molecular weight excluding hydrogens is 250 g/mol. The number of nitrogens with one attached hydrogen (secondary N) is 1. The summed E-state index contributed by atoms with van der Waals surface area (Å²) in [5, 5.41) is 2.59. The first-order chi connectivity index (χ1) is 7.14. The van der Waals surface area contributed by atoms with Crippen LogP contribution in [0.2, 0.25) is 0 Å². The summed E-state index contributed by atoms with van der Waals surface area (Å²) in [6, 6.07) is 0. The highest BCUT2D eigenvalue weighted by atomic mass is 35.5. The lowest BCUT2D eigenvalue weighted by molar-refractivity contribution is -0.125. The van der Waals surface area contributed by atoms with E-state index >= 15 is 0 Å². The molecule has 0 aromatic carbocycles. The van der Waals surface area contributed by atoms with Gasteiger partial charge in [-0.2, -0.15) is 0 Å². The second-order valence-corrected chi connectivity index (χ2v) is 7.81. The first-order valence-corrected chi connectivity index (χ1v) is 7.56. The van der Waals surface area contributed by atoms with Crippen molar-refractivity contribution < 1.29 is 13.2 Å². The number of halogens is 1. The Hall–Kier alpha value is -0.290. The maximum absolute atomic E-state index is 11.8. The summed E-state index contributed by atoms with van der Waals surface area (Å²) in [7, 11) is -3.01. The predicted molar refractivity (Wildman–Crippen MR) is 64.3 cm³/mol. The summed E-state index contributed by atoms with van der Waals surface area (Å²) in [6.07, 6.45) is 0.418. The zero-order valence-electron chi connectivity index (χ0n) is 9.79. The van der Waals surface area contributed by atoms with Crippen LogP contribution in [0.1, 0.15) is 27.2 Å². The number of amides is 1. The highest BCUT2D eigenvalue weighted by Gasteiger charge is 2.36. The summed E-state index contributed by atoms with van der Waals surface area (Å²) in [5.41, 5.74) is -0.523. The minimum atomic E-state index is -3.01. The second-order valence-electron chi connectivity index (χ2n) is 4.93. The van der Waals surface area contributed by atoms with Crippen LogP contribution in [0, 0.1) is 5.92 Å². The van der Waals surface area contributed by atoms with E-state index in [1.54, 1.807) is 6.92 Å². The van der Waals surface area contributed by atoms with E-state index in [0.29, 0.717) is 6.42 Å². The fourth-order valence-corrected chi connectivity index (χ4v) is 3.32. The summed E-state index contributed by atoms with van der Waals surface area (Å²) < 4.78 is 22.5. The van der Waals surface area contributed by atoms with Crippen molar-refractivity contribution in [3.63, 3.8) is 0 Å². The molecule has 0 aromatic rings. The summed E-state index contributed by atoms with van der Waals surface area (Å²) in [5.74, 6) is -0.550. The lowest BCUT2D eigenvalue weighted by atomic mass is 9.99. The fourth-order valence-electron chi connectivity index (χ4n) is 1.52. The van der Waals surface area contributed by atoms with Gasteiger partial charge in [0, 0.05) is 0 Å². The van der Waals surface area contributed by atoms with Gasteiger partial charge in [0.1, 0.15) is 0 Å². The van der Waals surface area contributed by atoms with E-state index in [1.807, 2.05) is 13.8 Å². The monoisotopic (exact) mass is 267 g/mol. The molecule has 1 aliphatic heterocycles. The Balaban J connectivity index is 2.61. The number of hydrogen-bond donors (Lipinski definition) is 1. The SMILES string of the molecule is CC(Cl)C(C)(C)NC(=O)C1CCS(=O)(=O)C1. The maximum Gasteiger partial charge on any atom is 0.224 e. The normalized spacial score (nSPS) is 26.4. The molecule has 1 rings (SSSR count). The molecule has 1 fully saturated rings. The van der Waals surface area contributed by atoms with Crippen LogP contribution in [-0.2, 0) is 14.6 Å². The van der Waals surface area contributed by atoms with Gasteiger partial charge in [-0.15, -0.1) is 11.6 Å². The van der Waals surface area contributed by atoms with E-state index in [4.69, 9.17) is 11.6 Å². The van der Waals surface area contributed by atoms with Gasteiger partial charge >= 0.3 is 0 Å². The Morgan fingerprint density at radius 2 is 2.06 bits per heavy atom. The molecular formula is C10H18ClNO3S. The molecule has 4 nitrogen and oxygen atoms in total. The number of hydrogen-bond acceptors (Lipinski definition) is 3. The molecule has 0 spiro atoms. The van der Waals surface area contributed by atoms with Crippen LogP contribution in [0.5, 0.6) is 0 Å². The first-order valence-electron chi connectivity index (χ1n) is 5.30. The van der Waals surface area contributed by atoms with E-state index < -0.39 is 21.3 Å². The Morgan fingerprint density at radius 1 is 1.50 bits per heavy atom. The van der Waals surface area contributed by atoms with Crippen LogP contribution in [0.3, 0.4) is 0 Å². The van der Waals surface area contributed by atoms with Gasteiger partial charge in [-0.1, -0.05) is 0 Å². The number of sulfone groups is 1. The van der Waals surface area contributed by atoms with Crippen molar-refractivity contribution in [1.29, 1.82) is 0 Å². The summed E-state index contributed by atoms with van der Waals surface area (Å²) >= 11 is 5.94. The lowest BCUT2D eigenvalue weighted by Gasteiger charge is -2.30. The van der Waals surface area contributed by atoms with Crippen LogP contribution < -0.4 is 5.32 Å². The van der Waals surface area contributed by atoms with Crippen LogP contribution in [0.25, 0.3) is 0 Å². The number of rotatable bonds is 3. The molecule has 94 valence electrons. The zero-order valence-corrected chi connectivity index (χ0v) is 11.4. The average Bonchev–Trinajstić information content (AvgIpc) is 2.45. The van der Waals surface area contributed by atoms with E-state index in [0.717, 1.165) is 0 Å². The first kappa shape index (κ1) is 13.8. The van der Waals surface area contributed by atoms with E-state index in [2.05, 4.69) is 5.32 Å². The van der Waals surface area contributed by atoms with Crippen molar-refractivity contribution in [2.75, 3.05) is 11.5 Å². The van der Waals surface area contributed by atoms with Gasteiger partial charge in [0.15, 0.2) is 9.84 Å². The Morgan fingerprint density at radius 3 is 2.44 bits per heavy atom. The molecule has 0 radical (unpaired) electrons. The molecule has 2 unspecified atom stereocenters. The number of carbonyl (C=O) groups excluding carboxylic acids is 1. The van der Waals surface area contributed by atoms with Gasteiger partial charge in [0.2, 0.25) is 5.91 Å². The predicted octanol–water partition coefficient (Wildman–Crippen LogP) is 0.943. The highest BCUT2D eigenvalue weighted by molar-refractivity contribution is 7.91. The second kappa shape index (κ2) is 4.53. The molecule has 0 bridgehead atoms. The molecule has 1 aliphatic rings. The molecule has 16 heavy (non-hydrogen) atoms. The van der Waals surface area contributed by atoms with Crippen molar-refractivity contribution in [2.45, 2.75) is 38.1 Å². The standard InChI is InChI=1S/C10H18ClNO3S/c1-7(11)10(2,3)12-9(13)8-4-5-16(14,15)6-8/h7-8H,4-6H2,1-3H3,(H,12,13). The lowest BCUT2D eigenvalue weighted by Crippen LogP contribution is -2.51. The average molecular weight is 268 g/mol. The third kappa shape index (κ3) is 3.35. The topological polar surface area (TPSA) is 63.2 Å².